The van der Waals surface area contributed by atoms with Crippen LogP contribution in [0.1, 0.15) is 36.2 Å². The SMILES string of the molecule is O=C(NC1CCCC1)c1ccc(-c2ccccc2)nn1. The Morgan fingerprint density at radius 2 is 1.75 bits per heavy atom. The summed E-state index contributed by atoms with van der Waals surface area (Å²) in [5.74, 6) is -0.121. The van der Waals surface area contributed by atoms with Gasteiger partial charge in [-0.15, -0.1) is 10.2 Å². The van der Waals surface area contributed by atoms with Gasteiger partial charge in [0.1, 0.15) is 0 Å². The summed E-state index contributed by atoms with van der Waals surface area (Å²) < 4.78 is 0. The molecule has 0 aliphatic heterocycles. The highest BCUT2D eigenvalue weighted by Gasteiger charge is 2.18. The van der Waals surface area contributed by atoms with Crippen molar-refractivity contribution in [3.63, 3.8) is 0 Å². The molecule has 0 bridgehead atoms. The molecule has 1 heterocycles. The van der Waals surface area contributed by atoms with Crippen LogP contribution in [0.3, 0.4) is 0 Å². The molecule has 1 aromatic heterocycles. The summed E-state index contributed by atoms with van der Waals surface area (Å²) in [6.07, 6.45) is 4.54. The number of hydrogen-bond donors (Lipinski definition) is 1. The fourth-order valence-electron chi connectivity index (χ4n) is 2.55. The second-order valence-corrected chi connectivity index (χ2v) is 5.12. The summed E-state index contributed by atoms with van der Waals surface area (Å²) in [4.78, 5) is 12.0. The van der Waals surface area contributed by atoms with Crippen LogP contribution in [0.25, 0.3) is 11.3 Å². The molecule has 1 saturated carbocycles. The predicted molar refractivity (Wildman–Crippen MR) is 77.2 cm³/mol. The number of aromatic nitrogens is 2. The fraction of sp³-hybridized carbons (Fsp3) is 0.312. The van der Waals surface area contributed by atoms with Crippen LogP contribution in [0.4, 0.5) is 0 Å². The number of nitrogens with one attached hydrogen (secondary N) is 1. The van der Waals surface area contributed by atoms with E-state index in [0.717, 1.165) is 24.1 Å². The number of nitrogens with zero attached hydrogens (tertiary/aromatic N) is 2. The molecule has 1 fully saturated rings. The molecule has 4 nitrogen and oxygen atoms in total. The Morgan fingerprint density at radius 3 is 2.40 bits per heavy atom. The van der Waals surface area contributed by atoms with Crippen molar-refractivity contribution in [3.05, 3.63) is 48.2 Å². The zero-order valence-electron chi connectivity index (χ0n) is 11.2. The molecule has 4 heteroatoms. The molecule has 1 amide bonds. The van der Waals surface area contributed by atoms with E-state index in [1.165, 1.54) is 12.8 Å². The van der Waals surface area contributed by atoms with Crippen molar-refractivity contribution >= 4 is 5.91 Å². The molecule has 1 aromatic carbocycles. The van der Waals surface area contributed by atoms with E-state index in [1.54, 1.807) is 6.07 Å². The maximum absolute atomic E-state index is 12.0. The van der Waals surface area contributed by atoms with Crippen LogP contribution in [0.5, 0.6) is 0 Å². The normalized spacial score (nSPS) is 15.2. The molecule has 3 rings (SSSR count). The van der Waals surface area contributed by atoms with Gasteiger partial charge in [-0.1, -0.05) is 43.2 Å². The van der Waals surface area contributed by atoms with Crippen molar-refractivity contribution in [2.75, 3.05) is 0 Å². The van der Waals surface area contributed by atoms with E-state index in [1.807, 2.05) is 36.4 Å². The molecule has 1 aliphatic carbocycles. The Labute approximate surface area is 118 Å². The Kier molecular flexibility index (Phi) is 3.72. The lowest BCUT2D eigenvalue weighted by molar-refractivity contribution is 0.0932. The minimum Gasteiger partial charge on any atom is -0.348 e. The van der Waals surface area contributed by atoms with Crippen LogP contribution >= 0.6 is 0 Å². The van der Waals surface area contributed by atoms with E-state index < -0.39 is 0 Å². The molecule has 0 radical (unpaired) electrons. The zero-order valence-corrected chi connectivity index (χ0v) is 11.2. The van der Waals surface area contributed by atoms with Gasteiger partial charge in [-0.05, 0) is 25.0 Å². The smallest absolute Gasteiger partial charge is 0.272 e. The van der Waals surface area contributed by atoms with Crippen molar-refractivity contribution in [3.8, 4) is 11.3 Å². The number of benzene rings is 1. The third-order valence-corrected chi connectivity index (χ3v) is 3.66. The topological polar surface area (TPSA) is 54.9 Å². The summed E-state index contributed by atoms with van der Waals surface area (Å²) in [5.41, 5.74) is 2.17. The van der Waals surface area contributed by atoms with Crippen LogP contribution in [-0.2, 0) is 0 Å². The van der Waals surface area contributed by atoms with Gasteiger partial charge in [0.15, 0.2) is 5.69 Å². The first-order chi connectivity index (χ1) is 9.83. The second-order valence-electron chi connectivity index (χ2n) is 5.12. The van der Waals surface area contributed by atoms with E-state index in [-0.39, 0.29) is 5.91 Å². The van der Waals surface area contributed by atoms with Crippen molar-refractivity contribution in [1.29, 1.82) is 0 Å². The zero-order chi connectivity index (χ0) is 13.8. The highest BCUT2D eigenvalue weighted by molar-refractivity contribution is 5.92. The molecule has 102 valence electrons. The van der Waals surface area contributed by atoms with Crippen LogP contribution in [0.2, 0.25) is 0 Å². The molecule has 0 unspecified atom stereocenters. The lowest BCUT2D eigenvalue weighted by atomic mass is 10.1. The highest BCUT2D eigenvalue weighted by atomic mass is 16.2. The predicted octanol–water partition coefficient (Wildman–Crippen LogP) is 2.82. The van der Waals surface area contributed by atoms with E-state index in [4.69, 9.17) is 0 Å². The summed E-state index contributed by atoms with van der Waals surface area (Å²) in [6, 6.07) is 13.7. The van der Waals surface area contributed by atoms with Crippen molar-refractivity contribution < 1.29 is 4.79 Å². The maximum atomic E-state index is 12.0. The van der Waals surface area contributed by atoms with Crippen molar-refractivity contribution in [2.24, 2.45) is 0 Å². The third kappa shape index (κ3) is 2.85. The van der Waals surface area contributed by atoms with Gasteiger partial charge in [0, 0.05) is 11.6 Å². The monoisotopic (exact) mass is 267 g/mol. The summed E-state index contributed by atoms with van der Waals surface area (Å²) in [6.45, 7) is 0. The number of hydrogen-bond acceptors (Lipinski definition) is 3. The standard InChI is InChI=1S/C16H17N3O/c20-16(17-13-8-4-5-9-13)15-11-10-14(18-19-15)12-6-2-1-3-7-12/h1-3,6-7,10-11,13H,4-5,8-9H2,(H,17,20). The first-order valence-corrected chi connectivity index (χ1v) is 7.03. The van der Waals surface area contributed by atoms with Gasteiger partial charge in [0.05, 0.1) is 5.69 Å². The quantitative estimate of drug-likeness (QED) is 0.930. The maximum Gasteiger partial charge on any atom is 0.272 e. The fourth-order valence-corrected chi connectivity index (χ4v) is 2.55. The Bertz CT molecular complexity index is 574. The molecule has 0 saturated heterocycles. The van der Waals surface area contributed by atoms with Crippen LogP contribution in [0, 0.1) is 0 Å². The Hall–Kier alpha value is -2.23. The van der Waals surface area contributed by atoms with Crippen LogP contribution < -0.4 is 5.32 Å². The van der Waals surface area contributed by atoms with E-state index in [0.29, 0.717) is 11.7 Å². The first-order valence-electron chi connectivity index (χ1n) is 7.03. The molecule has 20 heavy (non-hydrogen) atoms. The molecular formula is C16H17N3O. The summed E-state index contributed by atoms with van der Waals surface area (Å²) >= 11 is 0. The average molecular weight is 267 g/mol. The van der Waals surface area contributed by atoms with Gasteiger partial charge in [-0.25, -0.2) is 0 Å². The second kappa shape index (κ2) is 5.82. The van der Waals surface area contributed by atoms with Crippen LogP contribution in [-0.4, -0.2) is 22.1 Å². The van der Waals surface area contributed by atoms with Crippen molar-refractivity contribution in [2.45, 2.75) is 31.7 Å². The van der Waals surface area contributed by atoms with Gasteiger partial charge >= 0.3 is 0 Å². The lowest BCUT2D eigenvalue weighted by Gasteiger charge is -2.11. The molecular weight excluding hydrogens is 250 g/mol. The number of carbonyl (C=O) groups excluding carboxylic acids is 1. The van der Waals surface area contributed by atoms with Gasteiger partial charge in [0.2, 0.25) is 0 Å². The Morgan fingerprint density at radius 1 is 1.00 bits per heavy atom. The van der Waals surface area contributed by atoms with Gasteiger partial charge in [0.25, 0.3) is 5.91 Å². The third-order valence-electron chi connectivity index (χ3n) is 3.66. The van der Waals surface area contributed by atoms with Gasteiger partial charge in [-0.2, -0.15) is 0 Å². The largest absolute Gasteiger partial charge is 0.348 e. The average Bonchev–Trinajstić information content (AvgIpc) is 3.01. The van der Waals surface area contributed by atoms with E-state index >= 15 is 0 Å². The minimum absolute atomic E-state index is 0.121. The lowest BCUT2D eigenvalue weighted by Crippen LogP contribution is -2.33. The molecule has 2 aromatic rings. The van der Waals surface area contributed by atoms with Crippen molar-refractivity contribution in [1.82, 2.24) is 15.5 Å². The van der Waals surface area contributed by atoms with Crippen LogP contribution in [0.15, 0.2) is 42.5 Å². The number of amides is 1. The molecule has 1 aliphatic rings. The molecule has 0 spiro atoms. The minimum atomic E-state index is -0.121. The Balaban J connectivity index is 1.71. The van der Waals surface area contributed by atoms with Gasteiger partial charge < -0.3 is 5.32 Å². The first kappa shape index (κ1) is 12.8. The van der Waals surface area contributed by atoms with E-state index in [2.05, 4.69) is 15.5 Å². The highest BCUT2D eigenvalue weighted by Crippen LogP contribution is 2.18. The number of rotatable bonds is 3. The van der Waals surface area contributed by atoms with Gasteiger partial charge in [-0.3, -0.25) is 4.79 Å². The molecule has 1 N–H and O–H groups in total. The summed E-state index contributed by atoms with van der Waals surface area (Å²) in [5, 5.41) is 11.2. The molecule has 0 atom stereocenters. The number of carbonyl (C=O) groups is 1. The van der Waals surface area contributed by atoms with E-state index in [9.17, 15) is 4.79 Å². The summed E-state index contributed by atoms with van der Waals surface area (Å²) in [7, 11) is 0.